The second-order valence-electron chi connectivity index (χ2n) is 3.56. The van der Waals surface area contributed by atoms with Crippen molar-refractivity contribution in [2.45, 2.75) is 12.5 Å². The van der Waals surface area contributed by atoms with E-state index in [-0.39, 0.29) is 11.7 Å². The van der Waals surface area contributed by atoms with Gasteiger partial charge in [-0.15, -0.1) is 0 Å². The van der Waals surface area contributed by atoms with E-state index in [2.05, 4.69) is 21.5 Å². The molecule has 1 aliphatic rings. The molecule has 17 heavy (non-hydrogen) atoms. The molecule has 1 aliphatic heterocycles. The van der Waals surface area contributed by atoms with Gasteiger partial charge in [0, 0.05) is 33.9 Å². The predicted molar refractivity (Wildman–Crippen MR) is 75.5 cm³/mol. The number of rotatable bonds is 2. The van der Waals surface area contributed by atoms with E-state index in [1.165, 1.54) is 15.0 Å². The largest absolute Gasteiger partial charge is 0.379 e. The second-order valence-corrected chi connectivity index (χ2v) is 5.24. The molecule has 1 N–H and O–H groups in total. The highest BCUT2D eigenvalue weighted by Gasteiger charge is 2.15. The first-order valence-electron chi connectivity index (χ1n) is 5.08. The number of aromatic nitrogens is 1. The number of pyridine rings is 1. The average Bonchev–Trinajstić information content (AvgIpc) is 2.81. The van der Waals surface area contributed by atoms with Crippen molar-refractivity contribution in [1.29, 1.82) is 0 Å². The van der Waals surface area contributed by atoms with Crippen LogP contribution in [0.25, 0.3) is 0 Å². The van der Waals surface area contributed by atoms with Crippen molar-refractivity contribution in [2.75, 3.05) is 18.5 Å². The first-order valence-corrected chi connectivity index (χ1v) is 8.44. The van der Waals surface area contributed by atoms with E-state index in [0.717, 1.165) is 13.0 Å². The summed E-state index contributed by atoms with van der Waals surface area (Å²) in [7, 11) is 1.31. The maximum Gasteiger partial charge on any atom is 0.159 e. The summed E-state index contributed by atoms with van der Waals surface area (Å²) in [5, 5.41) is 5.89. The summed E-state index contributed by atoms with van der Waals surface area (Å²) in [5.74, 6) is 2.25. The molecule has 2 rings (SSSR count). The molecule has 1 atom stereocenters. The van der Waals surface area contributed by atoms with E-state index in [4.69, 9.17) is 4.74 Å². The fraction of sp³-hybridized carbons (Fsp3) is 0.364. The minimum Gasteiger partial charge on any atom is -0.379 e. The van der Waals surface area contributed by atoms with Gasteiger partial charge in [-0.25, -0.2) is 9.37 Å². The number of anilines is 1. The molecule has 0 amide bonds. The molecule has 0 saturated carbocycles. The fourth-order valence-electron chi connectivity index (χ4n) is 1.56. The van der Waals surface area contributed by atoms with E-state index >= 15 is 0 Å². The third-order valence-electron chi connectivity index (χ3n) is 2.35. The Morgan fingerprint density at radius 1 is 1.65 bits per heavy atom. The van der Waals surface area contributed by atoms with Gasteiger partial charge in [-0.05, 0) is 26.5 Å². The molecular formula is C11H10FIN2OS. The van der Waals surface area contributed by atoms with Gasteiger partial charge in [0.15, 0.2) is 5.82 Å². The summed E-state index contributed by atoms with van der Waals surface area (Å²) in [6.45, 7) is 1.42. The first-order chi connectivity index (χ1) is 8.29. The van der Waals surface area contributed by atoms with Crippen LogP contribution in [0.3, 0.4) is 0 Å². The van der Waals surface area contributed by atoms with Crippen molar-refractivity contribution in [3.05, 3.63) is 23.8 Å². The van der Waals surface area contributed by atoms with Crippen molar-refractivity contribution in [2.24, 2.45) is 0 Å². The zero-order valence-electron chi connectivity index (χ0n) is 8.87. The van der Waals surface area contributed by atoms with E-state index in [0.29, 0.717) is 12.3 Å². The molecule has 6 heteroatoms. The van der Waals surface area contributed by atoms with Crippen LogP contribution in [0.15, 0.2) is 12.3 Å². The number of nitrogens with one attached hydrogen (secondary N) is 1. The zero-order valence-corrected chi connectivity index (χ0v) is 11.8. The Morgan fingerprint density at radius 3 is 3.18 bits per heavy atom. The quantitative estimate of drug-likeness (QED) is 0.647. The number of halogens is 2. The molecule has 3 nitrogen and oxygen atoms in total. The van der Waals surface area contributed by atoms with Crippen LogP contribution in [0.2, 0.25) is 0 Å². The summed E-state index contributed by atoms with van der Waals surface area (Å²) >= 11 is 2.03. The SMILES string of the molecule is Fc1cc(NC2CCOC2)cnc1C#CSI. The van der Waals surface area contributed by atoms with Crippen LogP contribution >= 0.6 is 30.1 Å². The number of hydrogen-bond acceptors (Lipinski definition) is 4. The molecule has 0 spiro atoms. The molecule has 1 aromatic rings. The lowest BCUT2D eigenvalue weighted by Crippen LogP contribution is -2.19. The maximum atomic E-state index is 13.6. The Balaban J connectivity index is 2.07. The van der Waals surface area contributed by atoms with Gasteiger partial charge in [0.05, 0.1) is 24.5 Å². The van der Waals surface area contributed by atoms with Crippen LogP contribution in [-0.2, 0) is 4.74 Å². The van der Waals surface area contributed by atoms with Gasteiger partial charge in [0.2, 0.25) is 0 Å². The summed E-state index contributed by atoms with van der Waals surface area (Å²) in [6.07, 6.45) is 2.54. The lowest BCUT2D eigenvalue weighted by Gasteiger charge is -2.11. The van der Waals surface area contributed by atoms with Gasteiger partial charge < -0.3 is 10.1 Å². The van der Waals surface area contributed by atoms with Crippen molar-refractivity contribution < 1.29 is 9.13 Å². The van der Waals surface area contributed by atoms with Crippen LogP contribution in [0.5, 0.6) is 0 Å². The highest BCUT2D eigenvalue weighted by molar-refractivity contribution is 14.2. The van der Waals surface area contributed by atoms with Crippen LogP contribution in [0.4, 0.5) is 10.1 Å². The lowest BCUT2D eigenvalue weighted by atomic mass is 10.2. The molecule has 1 saturated heterocycles. The first kappa shape index (κ1) is 12.9. The predicted octanol–water partition coefficient (Wildman–Crippen LogP) is 2.81. The summed E-state index contributed by atoms with van der Waals surface area (Å²) in [5.41, 5.74) is 0.855. The van der Waals surface area contributed by atoms with Crippen LogP contribution < -0.4 is 5.32 Å². The smallest absolute Gasteiger partial charge is 0.159 e. The van der Waals surface area contributed by atoms with E-state index in [1.54, 1.807) is 6.20 Å². The Kier molecular flexibility index (Phi) is 4.88. The van der Waals surface area contributed by atoms with Gasteiger partial charge in [-0.1, -0.05) is 0 Å². The summed E-state index contributed by atoms with van der Waals surface area (Å²) in [6, 6.07) is 1.67. The van der Waals surface area contributed by atoms with Gasteiger partial charge in [0.25, 0.3) is 0 Å². The van der Waals surface area contributed by atoms with Crippen LogP contribution in [0, 0.1) is 17.0 Å². The Bertz CT molecular complexity index is 455. The topological polar surface area (TPSA) is 34.1 Å². The maximum absolute atomic E-state index is 13.6. The molecule has 90 valence electrons. The molecule has 0 aliphatic carbocycles. The second kappa shape index (κ2) is 6.42. The third kappa shape index (κ3) is 3.72. The number of hydrogen-bond donors (Lipinski definition) is 1. The van der Waals surface area contributed by atoms with Crippen LogP contribution in [0.1, 0.15) is 12.1 Å². The van der Waals surface area contributed by atoms with E-state index < -0.39 is 5.82 Å². The van der Waals surface area contributed by atoms with Crippen LogP contribution in [-0.4, -0.2) is 24.2 Å². The zero-order chi connectivity index (χ0) is 12.1. The van der Waals surface area contributed by atoms with Gasteiger partial charge in [-0.3, -0.25) is 0 Å². The van der Waals surface area contributed by atoms with Crippen molar-refractivity contribution in [3.8, 4) is 11.2 Å². The normalized spacial score (nSPS) is 18.6. The van der Waals surface area contributed by atoms with Crippen molar-refractivity contribution in [3.63, 3.8) is 0 Å². The minimum atomic E-state index is -0.396. The molecular weight excluding hydrogens is 354 g/mol. The molecule has 1 aromatic heterocycles. The van der Waals surface area contributed by atoms with Gasteiger partial charge in [0.1, 0.15) is 5.69 Å². The van der Waals surface area contributed by atoms with Gasteiger partial charge in [-0.2, -0.15) is 0 Å². The highest BCUT2D eigenvalue weighted by atomic mass is 127. The monoisotopic (exact) mass is 364 g/mol. The summed E-state index contributed by atoms with van der Waals surface area (Å²) < 4.78 is 18.8. The lowest BCUT2D eigenvalue weighted by molar-refractivity contribution is 0.195. The number of ether oxygens (including phenoxy) is 1. The Labute approximate surface area is 115 Å². The molecule has 0 radical (unpaired) electrons. The molecule has 0 bridgehead atoms. The van der Waals surface area contributed by atoms with E-state index in [1.807, 2.05) is 21.2 Å². The standard InChI is InChI=1S/C11H10FIN2OS/c12-10-5-9(15-8-1-3-16-7-8)6-14-11(10)2-4-17-13/h5-6,8,15H,1,3,7H2. The number of nitrogens with zero attached hydrogens (tertiary/aromatic N) is 1. The Morgan fingerprint density at radius 2 is 2.53 bits per heavy atom. The molecule has 0 aromatic carbocycles. The molecule has 2 heterocycles. The highest BCUT2D eigenvalue weighted by Crippen LogP contribution is 2.16. The van der Waals surface area contributed by atoms with E-state index in [9.17, 15) is 4.39 Å². The van der Waals surface area contributed by atoms with Crippen molar-refractivity contribution >= 4 is 35.8 Å². The fourth-order valence-corrected chi connectivity index (χ4v) is 2.03. The third-order valence-corrected chi connectivity index (χ3v) is 3.19. The average molecular weight is 364 g/mol. The Hall–Kier alpha value is -0.520. The summed E-state index contributed by atoms with van der Waals surface area (Å²) in [4.78, 5) is 3.99. The van der Waals surface area contributed by atoms with Gasteiger partial charge >= 0.3 is 0 Å². The molecule has 1 unspecified atom stereocenters. The van der Waals surface area contributed by atoms with Crippen molar-refractivity contribution in [1.82, 2.24) is 4.98 Å². The minimum absolute atomic E-state index is 0.183. The molecule has 1 fully saturated rings.